The molecule has 0 aliphatic carbocycles. The van der Waals surface area contributed by atoms with Crippen molar-refractivity contribution in [3.63, 3.8) is 0 Å². The second-order valence-electron chi connectivity index (χ2n) is 7.92. The zero-order valence-electron chi connectivity index (χ0n) is 18.6. The van der Waals surface area contributed by atoms with Crippen LogP contribution in [0.5, 0.6) is 0 Å². The van der Waals surface area contributed by atoms with Crippen LogP contribution < -0.4 is 5.73 Å². The Labute approximate surface area is 200 Å². The molecule has 1 aliphatic heterocycles. The number of ether oxygens (including phenoxy) is 1. The molecular formula is C25H23N5O3S. The van der Waals surface area contributed by atoms with Crippen molar-refractivity contribution >= 4 is 34.5 Å². The van der Waals surface area contributed by atoms with E-state index in [9.17, 15) is 9.59 Å². The fourth-order valence-corrected chi connectivity index (χ4v) is 4.63. The van der Waals surface area contributed by atoms with E-state index < -0.39 is 5.91 Å². The first-order valence-electron chi connectivity index (χ1n) is 10.8. The highest BCUT2D eigenvalue weighted by Gasteiger charge is 2.20. The fraction of sp³-hybridized carbons (Fsp3) is 0.200. The molecule has 2 aromatic heterocycles. The Morgan fingerprint density at radius 1 is 0.971 bits per heavy atom. The van der Waals surface area contributed by atoms with Crippen molar-refractivity contribution in [2.45, 2.75) is 4.90 Å². The van der Waals surface area contributed by atoms with E-state index in [4.69, 9.17) is 10.5 Å². The number of rotatable bonds is 5. The molecule has 34 heavy (non-hydrogen) atoms. The Morgan fingerprint density at radius 2 is 1.65 bits per heavy atom. The van der Waals surface area contributed by atoms with Gasteiger partial charge in [0, 0.05) is 58.7 Å². The van der Waals surface area contributed by atoms with Crippen LogP contribution >= 0.6 is 11.8 Å². The van der Waals surface area contributed by atoms with Gasteiger partial charge in [-0.25, -0.2) is 9.97 Å². The largest absolute Gasteiger partial charge is 0.378 e. The van der Waals surface area contributed by atoms with Gasteiger partial charge in [0.2, 0.25) is 11.9 Å². The quantitative estimate of drug-likeness (QED) is 0.446. The van der Waals surface area contributed by atoms with Gasteiger partial charge in [-0.15, -0.1) is 11.8 Å². The summed E-state index contributed by atoms with van der Waals surface area (Å²) in [5.41, 5.74) is 8.99. The molecule has 0 unspecified atom stereocenters. The molecule has 0 saturated carbocycles. The predicted molar refractivity (Wildman–Crippen MR) is 131 cm³/mol. The van der Waals surface area contributed by atoms with Gasteiger partial charge in [0.25, 0.3) is 5.91 Å². The van der Waals surface area contributed by atoms with Gasteiger partial charge in [0.15, 0.2) is 0 Å². The van der Waals surface area contributed by atoms with Crippen LogP contribution in [0.25, 0.3) is 28.0 Å². The lowest BCUT2D eigenvalue weighted by atomic mass is 10.1. The molecule has 1 aliphatic rings. The summed E-state index contributed by atoms with van der Waals surface area (Å²) in [6, 6.07) is 12.8. The second-order valence-corrected chi connectivity index (χ2v) is 8.77. The Hall–Kier alpha value is -3.69. The van der Waals surface area contributed by atoms with Crippen LogP contribution in [-0.2, 0) is 4.74 Å². The minimum Gasteiger partial charge on any atom is -0.378 e. The average molecular weight is 474 g/mol. The van der Waals surface area contributed by atoms with Crippen LogP contribution in [0, 0.1) is 0 Å². The third kappa shape index (κ3) is 4.15. The fourth-order valence-electron chi connectivity index (χ4n) is 4.03. The van der Waals surface area contributed by atoms with Crippen molar-refractivity contribution in [3.05, 3.63) is 72.2 Å². The first-order chi connectivity index (χ1) is 16.5. The van der Waals surface area contributed by atoms with Crippen LogP contribution in [0.3, 0.4) is 0 Å². The third-order valence-corrected chi connectivity index (χ3v) is 6.66. The molecule has 2 amide bonds. The number of aromatic nitrogens is 3. The van der Waals surface area contributed by atoms with E-state index in [-0.39, 0.29) is 5.91 Å². The SMILES string of the molecule is CSc1cn(-c2ncc(-c3ccc(C(N)=O)cc3)cn2)c2cc(C(=O)N3CCOCC3)ccc12. The molecule has 0 bridgehead atoms. The topological polar surface area (TPSA) is 103 Å². The van der Waals surface area contributed by atoms with Crippen LogP contribution in [-0.4, -0.2) is 63.8 Å². The van der Waals surface area contributed by atoms with Gasteiger partial charge in [-0.2, -0.15) is 0 Å². The zero-order valence-corrected chi connectivity index (χ0v) is 19.4. The lowest BCUT2D eigenvalue weighted by molar-refractivity contribution is 0.0303. The maximum atomic E-state index is 13.0. The average Bonchev–Trinajstić information content (AvgIpc) is 3.27. The van der Waals surface area contributed by atoms with Crippen molar-refractivity contribution in [1.82, 2.24) is 19.4 Å². The van der Waals surface area contributed by atoms with Crippen molar-refractivity contribution in [2.24, 2.45) is 5.73 Å². The van der Waals surface area contributed by atoms with Crippen LogP contribution in [0.4, 0.5) is 0 Å². The van der Waals surface area contributed by atoms with Gasteiger partial charge >= 0.3 is 0 Å². The second kappa shape index (κ2) is 9.28. The van der Waals surface area contributed by atoms with Gasteiger partial charge in [-0.3, -0.25) is 14.2 Å². The number of morpholine rings is 1. The number of nitrogens with two attached hydrogens (primary N) is 1. The first kappa shape index (κ1) is 22.1. The lowest BCUT2D eigenvalue weighted by Gasteiger charge is -2.26. The van der Waals surface area contributed by atoms with E-state index in [1.54, 1.807) is 36.3 Å². The number of carbonyl (C=O) groups excluding carboxylic acids is 2. The summed E-state index contributed by atoms with van der Waals surface area (Å²) in [7, 11) is 0. The first-order valence-corrected chi connectivity index (χ1v) is 12.1. The summed E-state index contributed by atoms with van der Waals surface area (Å²) in [4.78, 5) is 36.4. The van der Waals surface area contributed by atoms with E-state index in [1.165, 1.54) is 0 Å². The summed E-state index contributed by atoms with van der Waals surface area (Å²) in [5, 5.41) is 1.04. The van der Waals surface area contributed by atoms with Gasteiger partial charge in [-0.05, 0) is 36.1 Å². The Kier molecular flexibility index (Phi) is 6.04. The Bertz CT molecular complexity index is 1360. The maximum Gasteiger partial charge on any atom is 0.254 e. The molecule has 1 fully saturated rings. The van der Waals surface area contributed by atoms with E-state index in [0.717, 1.165) is 26.9 Å². The molecule has 0 atom stereocenters. The summed E-state index contributed by atoms with van der Waals surface area (Å²) >= 11 is 1.63. The number of primary amides is 1. The normalized spacial score (nSPS) is 13.9. The highest BCUT2D eigenvalue weighted by Crippen LogP contribution is 2.31. The van der Waals surface area contributed by atoms with Crippen molar-refractivity contribution in [1.29, 1.82) is 0 Å². The minimum absolute atomic E-state index is 0.000624. The Morgan fingerprint density at radius 3 is 2.29 bits per heavy atom. The molecule has 4 aromatic rings. The number of hydrogen-bond acceptors (Lipinski definition) is 6. The molecule has 2 aromatic carbocycles. The van der Waals surface area contributed by atoms with E-state index in [0.29, 0.717) is 43.4 Å². The van der Waals surface area contributed by atoms with Crippen LogP contribution in [0.2, 0.25) is 0 Å². The van der Waals surface area contributed by atoms with Gasteiger partial charge < -0.3 is 15.4 Å². The monoisotopic (exact) mass is 473 g/mol. The highest BCUT2D eigenvalue weighted by molar-refractivity contribution is 7.98. The molecule has 1 saturated heterocycles. The van der Waals surface area contributed by atoms with Crippen molar-refractivity contribution < 1.29 is 14.3 Å². The number of hydrogen-bond donors (Lipinski definition) is 1. The number of thioether (sulfide) groups is 1. The molecular weight excluding hydrogens is 450 g/mol. The maximum absolute atomic E-state index is 13.0. The van der Waals surface area contributed by atoms with E-state index >= 15 is 0 Å². The zero-order chi connectivity index (χ0) is 23.7. The highest BCUT2D eigenvalue weighted by atomic mass is 32.2. The molecule has 2 N–H and O–H groups in total. The van der Waals surface area contributed by atoms with Gasteiger partial charge in [-0.1, -0.05) is 18.2 Å². The molecule has 3 heterocycles. The van der Waals surface area contributed by atoms with Crippen LogP contribution in [0.15, 0.2) is 66.0 Å². The molecule has 5 rings (SSSR count). The van der Waals surface area contributed by atoms with Crippen molar-refractivity contribution in [3.8, 4) is 17.1 Å². The number of fused-ring (bicyclic) bond motifs is 1. The van der Waals surface area contributed by atoms with Crippen LogP contribution in [0.1, 0.15) is 20.7 Å². The summed E-state index contributed by atoms with van der Waals surface area (Å²) in [6.45, 7) is 2.32. The Balaban J connectivity index is 1.49. The predicted octanol–water partition coefficient (Wildman–Crippen LogP) is 3.38. The molecule has 9 heteroatoms. The third-order valence-electron chi connectivity index (χ3n) is 5.89. The molecule has 0 radical (unpaired) electrons. The van der Waals surface area contributed by atoms with Crippen molar-refractivity contribution in [2.75, 3.05) is 32.6 Å². The minimum atomic E-state index is -0.464. The number of nitrogens with zero attached hydrogens (tertiary/aromatic N) is 4. The van der Waals surface area contributed by atoms with E-state index in [2.05, 4.69) is 9.97 Å². The smallest absolute Gasteiger partial charge is 0.254 e. The summed E-state index contributed by atoms with van der Waals surface area (Å²) < 4.78 is 7.28. The summed E-state index contributed by atoms with van der Waals surface area (Å²) in [6.07, 6.45) is 7.50. The standard InChI is InChI=1S/C25H23N5O3S/c1-34-22-15-30(21-12-18(6-7-20(21)22)24(32)29-8-10-33-11-9-29)25-27-13-19(14-28-25)16-2-4-17(5-3-16)23(26)31/h2-7,12-15H,8-11H2,1H3,(H2,26,31). The molecule has 8 nitrogen and oxygen atoms in total. The van der Waals surface area contributed by atoms with Gasteiger partial charge in [0.05, 0.1) is 18.7 Å². The van der Waals surface area contributed by atoms with Gasteiger partial charge in [0.1, 0.15) is 0 Å². The number of amides is 2. The van der Waals surface area contributed by atoms with E-state index in [1.807, 2.05) is 52.3 Å². The molecule has 172 valence electrons. The summed E-state index contributed by atoms with van der Waals surface area (Å²) in [5.74, 6) is 0.0480. The lowest BCUT2D eigenvalue weighted by Crippen LogP contribution is -2.40. The molecule has 0 spiro atoms. The number of benzene rings is 2. The number of carbonyl (C=O) groups is 2.